The predicted octanol–water partition coefficient (Wildman–Crippen LogP) is 4.49. The summed E-state index contributed by atoms with van der Waals surface area (Å²) in [5.74, 6) is 0.874. The molecule has 0 aliphatic carbocycles. The summed E-state index contributed by atoms with van der Waals surface area (Å²) in [4.78, 5) is 5.49. The average molecular weight is 341 g/mol. The normalized spacial score (nSPS) is 12.7. The van der Waals surface area contributed by atoms with Crippen LogP contribution in [0.3, 0.4) is 0 Å². The minimum absolute atomic E-state index is 0.335. The van der Waals surface area contributed by atoms with E-state index in [4.69, 9.17) is 4.42 Å². The molecule has 1 aromatic carbocycles. The maximum absolute atomic E-state index is 5.59. The standard InChI is InChI=1S/C14H17BrN2OS/c1-8-10(3)18-14(17-8)19-13-6-5-11(7-12(13)15)9(2)16-4/h5-7,9,16H,1-4H3. The monoisotopic (exact) mass is 340 g/mol. The van der Waals surface area contributed by atoms with Gasteiger partial charge in [0.15, 0.2) is 0 Å². The maximum Gasteiger partial charge on any atom is 0.261 e. The van der Waals surface area contributed by atoms with Crippen molar-refractivity contribution in [3.63, 3.8) is 0 Å². The number of halogens is 1. The fraction of sp³-hybridized carbons (Fsp3) is 0.357. The largest absolute Gasteiger partial charge is 0.436 e. The summed E-state index contributed by atoms with van der Waals surface area (Å²) in [5, 5.41) is 3.92. The summed E-state index contributed by atoms with van der Waals surface area (Å²) in [6, 6.07) is 6.68. The smallest absolute Gasteiger partial charge is 0.261 e. The third kappa shape index (κ3) is 3.41. The highest BCUT2D eigenvalue weighted by molar-refractivity contribution is 9.10. The molecule has 2 rings (SSSR count). The van der Waals surface area contributed by atoms with E-state index in [0.717, 1.165) is 20.8 Å². The molecule has 5 heteroatoms. The maximum atomic E-state index is 5.59. The van der Waals surface area contributed by atoms with Gasteiger partial charge in [0, 0.05) is 15.4 Å². The summed E-state index contributed by atoms with van der Waals surface area (Å²) in [7, 11) is 1.96. The van der Waals surface area contributed by atoms with E-state index in [-0.39, 0.29) is 0 Å². The van der Waals surface area contributed by atoms with Crippen LogP contribution in [0.2, 0.25) is 0 Å². The van der Waals surface area contributed by atoms with E-state index in [1.807, 2.05) is 20.9 Å². The van der Waals surface area contributed by atoms with Crippen LogP contribution in [-0.2, 0) is 0 Å². The summed E-state index contributed by atoms with van der Waals surface area (Å²) < 4.78 is 6.65. The van der Waals surface area contributed by atoms with E-state index >= 15 is 0 Å². The number of hydrogen-bond donors (Lipinski definition) is 1. The van der Waals surface area contributed by atoms with E-state index in [2.05, 4.69) is 51.4 Å². The Balaban J connectivity index is 2.21. The first kappa shape index (κ1) is 14.6. The molecule has 0 bridgehead atoms. The molecule has 0 spiro atoms. The summed E-state index contributed by atoms with van der Waals surface area (Å²) in [5.41, 5.74) is 2.19. The van der Waals surface area contributed by atoms with Crippen LogP contribution in [0.5, 0.6) is 0 Å². The van der Waals surface area contributed by atoms with Crippen LogP contribution >= 0.6 is 27.7 Å². The van der Waals surface area contributed by atoms with Crippen LogP contribution < -0.4 is 5.32 Å². The van der Waals surface area contributed by atoms with E-state index in [9.17, 15) is 0 Å². The highest BCUT2D eigenvalue weighted by Crippen LogP contribution is 2.35. The lowest BCUT2D eigenvalue weighted by Gasteiger charge is -2.12. The minimum atomic E-state index is 0.335. The van der Waals surface area contributed by atoms with Crippen molar-refractivity contribution in [2.45, 2.75) is 36.9 Å². The molecule has 2 aromatic rings. The zero-order valence-corrected chi connectivity index (χ0v) is 13.9. The van der Waals surface area contributed by atoms with Crippen molar-refractivity contribution >= 4 is 27.7 Å². The highest BCUT2D eigenvalue weighted by Gasteiger charge is 2.11. The second kappa shape index (κ2) is 6.11. The van der Waals surface area contributed by atoms with Crippen molar-refractivity contribution in [2.75, 3.05) is 7.05 Å². The summed E-state index contributed by atoms with van der Waals surface area (Å²) in [6.07, 6.45) is 0. The average Bonchev–Trinajstić information content (AvgIpc) is 2.70. The van der Waals surface area contributed by atoms with Gasteiger partial charge < -0.3 is 9.73 Å². The van der Waals surface area contributed by atoms with Crippen molar-refractivity contribution < 1.29 is 4.42 Å². The molecule has 1 unspecified atom stereocenters. The number of rotatable bonds is 4. The van der Waals surface area contributed by atoms with Crippen LogP contribution in [0.15, 0.2) is 37.2 Å². The van der Waals surface area contributed by atoms with Gasteiger partial charge in [-0.25, -0.2) is 4.98 Å². The lowest BCUT2D eigenvalue weighted by Crippen LogP contribution is -2.12. The number of hydrogen-bond acceptors (Lipinski definition) is 4. The van der Waals surface area contributed by atoms with Crippen molar-refractivity contribution in [3.05, 3.63) is 39.7 Å². The summed E-state index contributed by atoms with van der Waals surface area (Å²) >= 11 is 5.14. The van der Waals surface area contributed by atoms with Gasteiger partial charge in [-0.15, -0.1) is 0 Å². The minimum Gasteiger partial charge on any atom is -0.436 e. The number of nitrogens with one attached hydrogen (secondary N) is 1. The zero-order chi connectivity index (χ0) is 14.0. The molecule has 0 fully saturated rings. The molecule has 19 heavy (non-hydrogen) atoms. The molecule has 0 aliphatic rings. The Morgan fingerprint density at radius 3 is 2.63 bits per heavy atom. The van der Waals surface area contributed by atoms with Crippen LogP contribution in [0.4, 0.5) is 0 Å². The van der Waals surface area contributed by atoms with Crippen molar-refractivity contribution in [2.24, 2.45) is 0 Å². The molecular formula is C14H17BrN2OS. The van der Waals surface area contributed by atoms with Crippen LogP contribution in [0.25, 0.3) is 0 Å². The van der Waals surface area contributed by atoms with Gasteiger partial charge in [-0.05, 0) is 73.2 Å². The third-order valence-corrected chi connectivity index (χ3v) is 4.94. The van der Waals surface area contributed by atoms with Crippen molar-refractivity contribution in [1.29, 1.82) is 0 Å². The molecule has 102 valence electrons. The Morgan fingerprint density at radius 2 is 2.11 bits per heavy atom. The SMILES string of the molecule is CNC(C)c1ccc(Sc2nc(C)c(C)o2)c(Br)c1. The molecule has 1 N–H and O–H groups in total. The number of nitrogens with zero attached hydrogens (tertiary/aromatic N) is 1. The number of benzene rings is 1. The number of aromatic nitrogens is 1. The van der Waals surface area contributed by atoms with E-state index in [0.29, 0.717) is 11.3 Å². The van der Waals surface area contributed by atoms with Gasteiger partial charge in [-0.3, -0.25) is 0 Å². The molecule has 1 heterocycles. The topological polar surface area (TPSA) is 38.1 Å². The molecule has 1 atom stereocenters. The Kier molecular flexibility index (Phi) is 4.71. The Bertz CT molecular complexity index is 563. The molecule has 0 saturated heterocycles. The van der Waals surface area contributed by atoms with Crippen molar-refractivity contribution in [3.8, 4) is 0 Å². The first-order chi connectivity index (χ1) is 9.01. The molecule has 0 aliphatic heterocycles. The fourth-order valence-electron chi connectivity index (χ4n) is 1.62. The van der Waals surface area contributed by atoms with Gasteiger partial charge in [0.25, 0.3) is 5.22 Å². The summed E-state index contributed by atoms with van der Waals surface area (Å²) in [6.45, 7) is 6.02. The van der Waals surface area contributed by atoms with Gasteiger partial charge >= 0.3 is 0 Å². The third-order valence-electron chi connectivity index (χ3n) is 3.10. The molecule has 0 amide bonds. The van der Waals surface area contributed by atoms with Gasteiger partial charge in [-0.1, -0.05) is 6.07 Å². The van der Waals surface area contributed by atoms with Crippen LogP contribution in [-0.4, -0.2) is 12.0 Å². The molecule has 1 aromatic heterocycles. The van der Waals surface area contributed by atoms with Crippen LogP contribution in [0, 0.1) is 13.8 Å². The number of aryl methyl sites for hydroxylation is 2. The lowest BCUT2D eigenvalue weighted by molar-refractivity contribution is 0.431. The van der Waals surface area contributed by atoms with E-state index < -0.39 is 0 Å². The molecule has 3 nitrogen and oxygen atoms in total. The fourth-order valence-corrected chi connectivity index (χ4v) is 3.09. The molecular weight excluding hydrogens is 324 g/mol. The van der Waals surface area contributed by atoms with Gasteiger partial charge in [0.05, 0.1) is 5.69 Å². The van der Waals surface area contributed by atoms with E-state index in [1.165, 1.54) is 17.3 Å². The molecule has 0 radical (unpaired) electrons. The number of oxazole rings is 1. The second-order valence-electron chi connectivity index (χ2n) is 4.42. The zero-order valence-electron chi connectivity index (χ0n) is 11.5. The highest BCUT2D eigenvalue weighted by atomic mass is 79.9. The predicted molar refractivity (Wildman–Crippen MR) is 81.7 cm³/mol. The first-order valence-corrected chi connectivity index (χ1v) is 7.70. The lowest BCUT2D eigenvalue weighted by atomic mass is 10.1. The van der Waals surface area contributed by atoms with Crippen LogP contribution in [0.1, 0.15) is 30.0 Å². The van der Waals surface area contributed by atoms with Gasteiger partial charge in [0.1, 0.15) is 5.76 Å². The molecule has 0 saturated carbocycles. The van der Waals surface area contributed by atoms with Crippen molar-refractivity contribution in [1.82, 2.24) is 10.3 Å². The quantitative estimate of drug-likeness (QED) is 0.889. The Morgan fingerprint density at radius 1 is 1.37 bits per heavy atom. The van der Waals surface area contributed by atoms with Gasteiger partial charge in [-0.2, -0.15) is 0 Å². The Labute approximate surface area is 126 Å². The van der Waals surface area contributed by atoms with Gasteiger partial charge in [0.2, 0.25) is 0 Å². The second-order valence-corrected chi connectivity index (χ2v) is 6.27. The first-order valence-electron chi connectivity index (χ1n) is 6.10. The van der Waals surface area contributed by atoms with E-state index in [1.54, 1.807) is 0 Å². The Hall–Kier alpha value is -0.780.